The monoisotopic (exact) mass is 450 g/mol. The summed E-state index contributed by atoms with van der Waals surface area (Å²) >= 11 is 6.19. The van der Waals surface area contributed by atoms with Gasteiger partial charge in [0.1, 0.15) is 23.8 Å². The average molecular weight is 451 g/mol. The van der Waals surface area contributed by atoms with Gasteiger partial charge in [-0.1, -0.05) is 35.0 Å². The molecule has 0 unspecified atom stereocenters. The molecule has 7 nitrogen and oxygen atoms in total. The molecule has 3 heterocycles. The van der Waals surface area contributed by atoms with Gasteiger partial charge < -0.3 is 14.4 Å². The molecule has 164 valence electrons. The van der Waals surface area contributed by atoms with E-state index in [1.165, 1.54) is 25.9 Å². The number of rotatable bonds is 7. The van der Waals surface area contributed by atoms with Gasteiger partial charge in [0.2, 0.25) is 5.78 Å². The summed E-state index contributed by atoms with van der Waals surface area (Å²) in [6, 6.07) is 12.5. The number of hydrogen-bond acceptors (Lipinski definition) is 6. The van der Waals surface area contributed by atoms with E-state index in [4.69, 9.17) is 21.1 Å². The van der Waals surface area contributed by atoms with Crippen molar-refractivity contribution in [2.45, 2.75) is 26.0 Å². The standard InChI is InChI=1S/C24H23ClN4O3/c25-21-6-2-1-5-17(21)13-23-24(30)20-8-7-19(14-22(20)32-23)31-16-18-15-29(27-26-18)12-11-28-9-3-4-10-28/h1-2,5-8,13-15H,3-4,9-12,16H2/b23-13-. The number of benzene rings is 2. The maximum Gasteiger partial charge on any atom is 0.231 e. The maximum atomic E-state index is 12.7. The quantitative estimate of drug-likeness (QED) is 0.502. The molecule has 2 aliphatic rings. The minimum atomic E-state index is -0.174. The zero-order valence-electron chi connectivity index (χ0n) is 17.5. The normalized spacial score (nSPS) is 17.0. The fourth-order valence-electron chi connectivity index (χ4n) is 3.91. The van der Waals surface area contributed by atoms with Crippen LogP contribution in [-0.2, 0) is 13.2 Å². The van der Waals surface area contributed by atoms with Crippen LogP contribution in [0, 0.1) is 0 Å². The molecule has 2 aliphatic heterocycles. The molecule has 0 aliphatic carbocycles. The third kappa shape index (κ3) is 4.54. The van der Waals surface area contributed by atoms with E-state index < -0.39 is 0 Å². The molecule has 0 saturated carbocycles. The van der Waals surface area contributed by atoms with E-state index in [1.54, 1.807) is 30.3 Å². The first-order valence-electron chi connectivity index (χ1n) is 10.7. The highest BCUT2D eigenvalue weighted by Crippen LogP contribution is 2.35. The van der Waals surface area contributed by atoms with E-state index in [0.717, 1.165) is 24.3 Å². The smallest absolute Gasteiger partial charge is 0.231 e. The van der Waals surface area contributed by atoms with Crippen molar-refractivity contribution < 1.29 is 14.3 Å². The van der Waals surface area contributed by atoms with Gasteiger partial charge >= 0.3 is 0 Å². The van der Waals surface area contributed by atoms with E-state index in [-0.39, 0.29) is 11.5 Å². The molecule has 0 bridgehead atoms. The Morgan fingerprint density at radius 3 is 2.81 bits per heavy atom. The summed E-state index contributed by atoms with van der Waals surface area (Å²) < 4.78 is 13.5. The molecule has 1 fully saturated rings. The van der Waals surface area contributed by atoms with Crippen molar-refractivity contribution in [1.29, 1.82) is 0 Å². The lowest BCUT2D eigenvalue weighted by atomic mass is 10.1. The fraction of sp³-hybridized carbons (Fsp3) is 0.292. The van der Waals surface area contributed by atoms with Gasteiger partial charge in [0.05, 0.1) is 18.3 Å². The van der Waals surface area contributed by atoms with Gasteiger partial charge in [-0.05, 0) is 55.8 Å². The molecule has 3 aromatic rings. The summed E-state index contributed by atoms with van der Waals surface area (Å²) in [5.74, 6) is 1.14. The lowest BCUT2D eigenvalue weighted by Crippen LogP contribution is -2.24. The van der Waals surface area contributed by atoms with Gasteiger partial charge in [-0.25, -0.2) is 0 Å². The van der Waals surface area contributed by atoms with Gasteiger partial charge in [-0.2, -0.15) is 0 Å². The number of ketones is 1. The van der Waals surface area contributed by atoms with E-state index in [2.05, 4.69) is 15.2 Å². The van der Waals surface area contributed by atoms with E-state index >= 15 is 0 Å². The van der Waals surface area contributed by atoms with Gasteiger partial charge in [0.15, 0.2) is 5.76 Å². The topological polar surface area (TPSA) is 69.5 Å². The number of likely N-dealkylation sites (tertiary alicyclic amines) is 1. The molecule has 32 heavy (non-hydrogen) atoms. The average Bonchev–Trinajstić information content (AvgIpc) is 3.54. The molecule has 0 N–H and O–H groups in total. The first kappa shape index (κ1) is 20.7. The van der Waals surface area contributed by atoms with Crippen LogP contribution in [0.2, 0.25) is 5.02 Å². The number of fused-ring (bicyclic) bond motifs is 1. The summed E-state index contributed by atoms with van der Waals surface area (Å²) in [5, 5.41) is 8.94. The van der Waals surface area contributed by atoms with Crippen LogP contribution in [0.5, 0.6) is 11.5 Å². The van der Waals surface area contributed by atoms with Gasteiger partial charge in [-0.15, -0.1) is 5.10 Å². The van der Waals surface area contributed by atoms with Crippen LogP contribution < -0.4 is 9.47 Å². The number of ether oxygens (including phenoxy) is 2. The Labute approximate surface area is 191 Å². The van der Waals surface area contributed by atoms with Crippen molar-refractivity contribution in [2.75, 3.05) is 19.6 Å². The summed E-state index contributed by atoms with van der Waals surface area (Å²) in [4.78, 5) is 15.1. The van der Waals surface area contributed by atoms with Crippen molar-refractivity contribution in [1.82, 2.24) is 19.9 Å². The van der Waals surface area contributed by atoms with Crippen molar-refractivity contribution in [3.63, 3.8) is 0 Å². The lowest BCUT2D eigenvalue weighted by molar-refractivity contribution is 0.101. The summed E-state index contributed by atoms with van der Waals surface area (Å²) in [7, 11) is 0. The summed E-state index contributed by atoms with van der Waals surface area (Å²) in [6.07, 6.45) is 6.13. The molecule has 5 rings (SSSR count). The number of hydrogen-bond donors (Lipinski definition) is 0. The fourth-order valence-corrected chi connectivity index (χ4v) is 4.10. The molecule has 1 saturated heterocycles. The highest BCUT2D eigenvalue weighted by Gasteiger charge is 2.28. The second-order valence-electron chi connectivity index (χ2n) is 7.93. The molecule has 0 amide bonds. The molecular weight excluding hydrogens is 428 g/mol. The number of carbonyl (C=O) groups excluding carboxylic acids is 1. The van der Waals surface area contributed by atoms with Gasteiger partial charge in [0, 0.05) is 17.6 Å². The molecular formula is C24H23ClN4O3. The first-order valence-corrected chi connectivity index (χ1v) is 11.1. The predicted molar refractivity (Wildman–Crippen MR) is 121 cm³/mol. The predicted octanol–water partition coefficient (Wildman–Crippen LogP) is 4.22. The highest BCUT2D eigenvalue weighted by molar-refractivity contribution is 6.32. The number of allylic oxidation sites excluding steroid dienone is 1. The molecule has 2 aromatic carbocycles. The second-order valence-corrected chi connectivity index (χ2v) is 8.34. The summed E-state index contributed by atoms with van der Waals surface area (Å²) in [6.45, 7) is 4.44. The van der Waals surface area contributed by atoms with Crippen LogP contribution in [0.15, 0.2) is 54.4 Å². The molecule has 1 aromatic heterocycles. The van der Waals surface area contributed by atoms with E-state index in [1.807, 2.05) is 29.1 Å². The van der Waals surface area contributed by atoms with Crippen molar-refractivity contribution in [2.24, 2.45) is 0 Å². The minimum absolute atomic E-state index is 0.174. The Bertz CT molecular complexity index is 1170. The number of nitrogens with zero attached hydrogens (tertiary/aromatic N) is 4. The molecule has 8 heteroatoms. The number of halogens is 1. The Hall–Kier alpha value is -3.16. The number of Topliss-reactive ketones (excluding diaryl/α,β-unsaturated/α-hetero) is 1. The Morgan fingerprint density at radius 2 is 1.97 bits per heavy atom. The Kier molecular flexibility index (Phi) is 5.92. The first-order chi connectivity index (χ1) is 15.7. The van der Waals surface area contributed by atoms with Crippen molar-refractivity contribution >= 4 is 23.5 Å². The maximum absolute atomic E-state index is 12.7. The second kappa shape index (κ2) is 9.14. The minimum Gasteiger partial charge on any atom is -0.487 e. The van der Waals surface area contributed by atoms with E-state index in [9.17, 15) is 4.79 Å². The number of aromatic nitrogens is 3. The van der Waals surface area contributed by atoms with Gasteiger partial charge in [-0.3, -0.25) is 9.48 Å². The van der Waals surface area contributed by atoms with Crippen LogP contribution in [0.4, 0.5) is 0 Å². The zero-order chi connectivity index (χ0) is 21.9. The van der Waals surface area contributed by atoms with Crippen LogP contribution in [0.3, 0.4) is 0 Å². The SMILES string of the molecule is O=C1/C(=C/c2ccccc2Cl)Oc2cc(OCc3cn(CCN4CCCC4)nn3)ccc21. The molecule has 0 atom stereocenters. The Balaban J connectivity index is 1.21. The third-order valence-corrected chi connectivity index (χ3v) is 5.99. The van der Waals surface area contributed by atoms with Crippen LogP contribution >= 0.6 is 11.6 Å². The van der Waals surface area contributed by atoms with E-state index in [0.29, 0.717) is 28.7 Å². The lowest BCUT2D eigenvalue weighted by Gasteiger charge is -2.13. The number of carbonyl (C=O) groups is 1. The van der Waals surface area contributed by atoms with Crippen molar-refractivity contribution in [3.8, 4) is 11.5 Å². The zero-order valence-corrected chi connectivity index (χ0v) is 18.3. The third-order valence-electron chi connectivity index (χ3n) is 5.65. The van der Waals surface area contributed by atoms with Crippen LogP contribution in [0.1, 0.15) is 34.5 Å². The highest BCUT2D eigenvalue weighted by atomic mass is 35.5. The molecule has 0 spiro atoms. The molecule has 0 radical (unpaired) electrons. The largest absolute Gasteiger partial charge is 0.487 e. The van der Waals surface area contributed by atoms with Crippen LogP contribution in [-0.4, -0.2) is 45.3 Å². The summed E-state index contributed by atoms with van der Waals surface area (Å²) in [5.41, 5.74) is 1.99. The Morgan fingerprint density at radius 1 is 1.12 bits per heavy atom. The van der Waals surface area contributed by atoms with Crippen molar-refractivity contribution in [3.05, 3.63) is 76.3 Å². The van der Waals surface area contributed by atoms with Crippen LogP contribution in [0.25, 0.3) is 6.08 Å². The van der Waals surface area contributed by atoms with Gasteiger partial charge in [0.25, 0.3) is 0 Å².